The summed E-state index contributed by atoms with van der Waals surface area (Å²) in [5, 5.41) is 13.4. The van der Waals surface area contributed by atoms with E-state index in [1.807, 2.05) is 34.7 Å². The van der Waals surface area contributed by atoms with Gasteiger partial charge in [0, 0.05) is 11.1 Å². The average molecular weight is 392 g/mol. The van der Waals surface area contributed by atoms with Gasteiger partial charge in [0.15, 0.2) is 10.8 Å². The first-order chi connectivity index (χ1) is 13.6. The van der Waals surface area contributed by atoms with Gasteiger partial charge in [-0.25, -0.2) is 0 Å². The Morgan fingerprint density at radius 1 is 1.11 bits per heavy atom. The number of hydrogen-bond acceptors (Lipinski definition) is 5. The van der Waals surface area contributed by atoms with Crippen LogP contribution in [0.3, 0.4) is 0 Å². The predicted octanol–water partition coefficient (Wildman–Crippen LogP) is 4.24. The van der Waals surface area contributed by atoms with Crippen molar-refractivity contribution >= 4 is 39.9 Å². The highest BCUT2D eigenvalue weighted by molar-refractivity contribution is 7.99. The van der Waals surface area contributed by atoms with Crippen molar-refractivity contribution in [3.8, 4) is 5.75 Å². The second-order valence-electron chi connectivity index (χ2n) is 6.54. The standard InChI is InChI=1S/C21H20N4O2S/c1-13-5-4-6-17-14(2)11-18-23-24-21(25(18)20(13)17)28-12-19(26)22-15-7-9-16(27-3)10-8-15/h4-11H,12H2,1-3H3,(H,22,26). The number of thioether (sulfide) groups is 1. The zero-order valence-electron chi connectivity index (χ0n) is 15.9. The van der Waals surface area contributed by atoms with Crippen LogP contribution in [-0.2, 0) is 4.79 Å². The Balaban J connectivity index is 1.57. The lowest BCUT2D eigenvalue weighted by Crippen LogP contribution is -2.14. The number of fused-ring (bicyclic) bond motifs is 3. The maximum absolute atomic E-state index is 12.4. The Bertz CT molecular complexity index is 1170. The molecule has 0 atom stereocenters. The summed E-state index contributed by atoms with van der Waals surface area (Å²) in [6.45, 7) is 4.15. The molecule has 0 bridgehead atoms. The third-order valence-corrected chi connectivity index (χ3v) is 5.53. The van der Waals surface area contributed by atoms with E-state index < -0.39 is 0 Å². The highest BCUT2D eigenvalue weighted by Crippen LogP contribution is 2.28. The monoisotopic (exact) mass is 392 g/mol. The average Bonchev–Trinajstić information content (AvgIpc) is 3.10. The summed E-state index contributed by atoms with van der Waals surface area (Å²) in [5.41, 5.74) is 4.91. The minimum absolute atomic E-state index is 0.0972. The van der Waals surface area contributed by atoms with Crippen LogP contribution in [0.5, 0.6) is 5.75 Å². The minimum atomic E-state index is -0.0972. The Morgan fingerprint density at radius 3 is 2.64 bits per heavy atom. The molecule has 1 amide bonds. The molecule has 4 aromatic rings. The number of carbonyl (C=O) groups excluding carboxylic acids is 1. The number of ether oxygens (including phenoxy) is 1. The molecule has 2 aromatic heterocycles. The SMILES string of the molecule is COc1ccc(NC(=O)CSc2nnc3cc(C)c4cccc(C)c4n23)cc1. The third kappa shape index (κ3) is 3.41. The minimum Gasteiger partial charge on any atom is -0.497 e. The van der Waals surface area contributed by atoms with E-state index in [0.717, 1.165) is 39.1 Å². The number of hydrogen-bond donors (Lipinski definition) is 1. The normalized spacial score (nSPS) is 11.1. The molecule has 6 nitrogen and oxygen atoms in total. The summed E-state index contributed by atoms with van der Waals surface area (Å²) >= 11 is 1.37. The molecule has 0 aliphatic rings. The molecule has 0 fully saturated rings. The molecule has 0 spiro atoms. The van der Waals surface area contributed by atoms with Gasteiger partial charge in [-0.2, -0.15) is 0 Å². The molecule has 0 unspecified atom stereocenters. The molecular formula is C21H20N4O2S. The smallest absolute Gasteiger partial charge is 0.234 e. The fraction of sp³-hybridized carbons (Fsp3) is 0.190. The number of amides is 1. The molecule has 0 aliphatic heterocycles. The van der Waals surface area contributed by atoms with Crippen LogP contribution in [0.1, 0.15) is 11.1 Å². The number of nitrogens with one attached hydrogen (secondary N) is 1. The van der Waals surface area contributed by atoms with Gasteiger partial charge in [0.25, 0.3) is 0 Å². The number of anilines is 1. The van der Waals surface area contributed by atoms with Crippen molar-refractivity contribution in [2.45, 2.75) is 19.0 Å². The first-order valence-corrected chi connectivity index (χ1v) is 9.86. The van der Waals surface area contributed by atoms with Crippen LogP contribution < -0.4 is 10.1 Å². The van der Waals surface area contributed by atoms with Gasteiger partial charge in [-0.05, 0) is 55.3 Å². The number of pyridine rings is 1. The van der Waals surface area contributed by atoms with Gasteiger partial charge in [-0.15, -0.1) is 10.2 Å². The highest BCUT2D eigenvalue weighted by Gasteiger charge is 2.14. The number of carbonyl (C=O) groups is 1. The van der Waals surface area contributed by atoms with Crippen LogP contribution in [0.2, 0.25) is 0 Å². The number of nitrogens with zero attached hydrogens (tertiary/aromatic N) is 3. The second kappa shape index (κ2) is 7.52. The van der Waals surface area contributed by atoms with Gasteiger partial charge in [0.05, 0.1) is 18.4 Å². The molecule has 142 valence electrons. The maximum atomic E-state index is 12.4. The number of methoxy groups -OCH3 is 1. The third-order valence-electron chi connectivity index (χ3n) is 4.60. The molecule has 2 heterocycles. The van der Waals surface area contributed by atoms with E-state index in [0.29, 0.717) is 5.16 Å². The van der Waals surface area contributed by atoms with Crippen LogP contribution in [0.4, 0.5) is 5.69 Å². The van der Waals surface area contributed by atoms with Gasteiger partial charge >= 0.3 is 0 Å². The Hall–Kier alpha value is -3.06. The number of aryl methyl sites for hydroxylation is 2. The topological polar surface area (TPSA) is 68.5 Å². The molecule has 0 radical (unpaired) electrons. The Kier molecular flexibility index (Phi) is 4.92. The summed E-state index contributed by atoms with van der Waals surface area (Å²) in [4.78, 5) is 12.4. The first kappa shape index (κ1) is 18.3. The molecule has 0 aliphatic carbocycles. The molecule has 7 heteroatoms. The molecule has 0 saturated carbocycles. The van der Waals surface area contributed by atoms with Gasteiger partial charge < -0.3 is 10.1 Å². The van der Waals surface area contributed by atoms with E-state index >= 15 is 0 Å². The number of aromatic nitrogens is 3. The van der Waals surface area contributed by atoms with E-state index in [1.54, 1.807) is 7.11 Å². The van der Waals surface area contributed by atoms with E-state index in [2.05, 4.69) is 47.6 Å². The second-order valence-corrected chi connectivity index (χ2v) is 7.48. The van der Waals surface area contributed by atoms with Gasteiger partial charge in [-0.1, -0.05) is 30.0 Å². The van der Waals surface area contributed by atoms with E-state index in [4.69, 9.17) is 4.74 Å². The van der Waals surface area contributed by atoms with Crippen molar-refractivity contribution in [2.75, 3.05) is 18.2 Å². The first-order valence-electron chi connectivity index (χ1n) is 8.87. The summed E-state index contributed by atoms with van der Waals surface area (Å²) in [6.07, 6.45) is 0. The summed E-state index contributed by atoms with van der Waals surface area (Å²) in [7, 11) is 1.61. The Morgan fingerprint density at radius 2 is 1.89 bits per heavy atom. The Labute approximate surface area is 166 Å². The van der Waals surface area contributed by atoms with Crippen LogP contribution in [0.15, 0.2) is 53.7 Å². The molecule has 28 heavy (non-hydrogen) atoms. The lowest BCUT2D eigenvalue weighted by Gasteiger charge is -2.10. The fourth-order valence-corrected chi connectivity index (χ4v) is 3.97. The molecule has 1 N–H and O–H groups in total. The summed E-state index contributed by atoms with van der Waals surface area (Å²) in [5.74, 6) is 0.897. The van der Waals surface area contributed by atoms with Crippen molar-refractivity contribution in [2.24, 2.45) is 0 Å². The van der Waals surface area contributed by atoms with Crippen molar-refractivity contribution in [3.05, 3.63) is 59.7 Å². The van der Waals surface area contributed by atoms with Gasteiger partial charge in [0.1, 0.15) is 5.75 Å². The number of rotatable bonds is 5. The lowest BCUT2D eigenvalue weighted by molar-refractivity contribution is -0.113. The van der Waals surface area contributed by atoms with E-state index in [9.17, 15) is 4.79 Å². The highest BCUT2D eigenvalue weighted by atomic mass is 32.2. The van der Waals surface area contributed by atoms with Crippen molar-refractivity contribution < 1.29 is 9.53 Å². The van der Waals surface area contributed by atoms with Crippen LogP contribution in [0, 0.1) is 13.8 Å². The van der Waals surface area contributed by atoms with Crippen molar-refractivity contribution in [1.29, 1.82) is 0 Å². The fourth-order valence-electron chi connectivity index (χ4n) is 3.23. The molecule has 2 aromatic carbocycles. The maximum Gasteiger partial charge on any atom is 0.234 e. The molecule has 4 rings (SSSR count). The molecular weight excluding hydrogens is 372 g/mol. The summed E-state index contributed by atoms with van der Waals surface area (Å²) < 4.78 is 7.16. The van der Waals surface area contributed by atoms with Crippen molar-refractivity contribution in [1.82, 2.24) is 14.6 Å². The van der Waals surface area contributed by atoms with Crippen molar-refractivity contribution in [3.63, 3.8) is 0 Å². The van der Waals surface area contributed by atoms with E-state index in [-0.39, 0.29) is 11.7 Å². The number of benzene rings is 2. The van der Waals surface area contributed by atoms with Crippen LogP contribution in [-0.4, -0.2) is 33.4 Å². The predicted molar refractivity (Wildman–Crippen MR) is 112 cm³/mol. The zero-order valence-corrected chi connectivity index (χ0v) is 16.7. The van der Waals surface area contributed by atoms with Gasteiger partial charge in [0.2, 0.25) is 5.91 Å². The van der Waals surface area contributed by atoms with Gasteiger partial charge in [-0.3, -0.25) is 9.20 Å². The van der Waals surface area contributed by atoms with Crippen LogP contribution in [0.25, 0.3) is 16.6 Å². The van der Waals surface area contributed by atoms with Crippen LogP contribution >= 0.6 is 11.8 Å². The molecule has 0 saturated heterocycles. The lowest BCUT2D eigenvalue weighted by atomic mass is 10.1. The zero-order chi connectivity index (χ0) is 19.7. The van der Waals surface area contributed by atoms with E-state index in [1.165, 1.54) is 11.8 Å². The number of para-hydroxylation sites is 1. The quantitative estimate of drug-likeness (QED) is 0.515. The summed E-state index contributed by atoms with van der Waals surface area (Å²) in [6, 6.07) is 15.5. The largest absolute Gasteiger partial charge is 0.497 e.